The second kappa shape index (κ2) is 4.49. The first-order chi connectivity index (χ1) is 8.69. The van der Waals surface area contributed by atoms with Gasteiger partial charge in [0.05, 0.1) is 19.3 Å². The smallest absolute Gasteiger partial charge is 0.322 e. The number of hydrogen-bond donors (Lipinski definition) is 2. The summed E-state index contributed by atoms with van der Waals surface area (Å²) in [5.74, 6) is 0.794. The van der Waals surface area contributed by atoms with Crippen LogP contribution in [0.15, 0.2) is 0 Å². The van der Waals surface area contributed by atoms with Crippen molar-refractivity contribution in [2.75, 3.05) is 19.0 Å². The van der Waals surface area contributed by atoms with Crippen molar-refractivity contribution in [2.45, 2.75) is 24.6 Å². The molecule has 1 aromatic heterocycles. The average molecular weight is 272 g/mol. The minimum Gasteiger partial charge on any atom is -0.467 e. The molecule has 8 heteroatoms. The predicted octanol–water partition coefficient (Wildman–Crippen LogP) is 0.0601. The Labute approximate surface area is 109 Å². The van der Waals surface area contributed by atoms with Crippen LogP contribution in [-0.2, 0) is 4.74 Å². The molecule has 1 aliphatic heterocycles. The summed E-state index contributed by atoms with van der Waals surface area (Å²) in [7, 11) is 1.47. The summed E-state index contributed by atoms with van der Waals surface area (Å²) in [4.78, 5) is 11.9. The molecule has 18 heavy (non-hydrogen) atoms. The summed E-state index contributed by atoms with van der Waals surface area (Å²) in [5, 5.41) is 3.22. The van der Waals surface area contributed by atoms with E-state index in [2.05, 4.69) is 20.3 Å². The number of nitrogens with one attached hydrogen (secondary N) is 1. The third kappa shape index (κ3) is 1.88. The van der Waals surface area contributed by atoms with E-state index in [1.807, 2.05) is 0 Å². The minimum absolute atomic E-state index is 0.0145. The van der Waals surface area contributed by atoms with Crippen LogP contribution in [0, 0.1) is 5.92 Å². The summed E-state index contributed by atoms with van der Waals surface area (Å²) in [6.45, 7) is 0.766. The number of hydrogen-bond acceptors (Lipinski definition) is 7. The van der Waals surface area contributed by atoms with Gasteiger partial charge in [-0.15, -0.1) is 0 Å². The average Bonchev–Trinajstić information content (AvgIpc) is 2.80. The molecule has 2 fully saturated rings. The highest BCUT2D eigenvalue weighted by atomic mass is 35.5. The maximum atomic E-state index is 6.09. The van der Waals surface area contributed by atoms with Crippen molar-refractivity contribution in [1.82, 2.24) is 15.0 Å². The monoisotopic (exact) mass is 271 g/mol. The lowest BCUT2D eigenvalue weighted by Gasteiger charge is -2.45. The molecule has 4 atom stereocenters. The Hall–Kier alpha value is -1.18. The number of nitrogens with two attached hydrogens (primary N) is 1. The van der Waals surface area contributed by atoms with E-state index >= 15 is 0 Å². The molecule has 3 N–H and O–H groups in total. The fraction of sp³-hybridized carbons (Fsp3) is 0.700. The lowest BCUT2D eigenvalue weighted by atomic mass is 9.72. The maximum absolute atomic E-state index is 6.09. The Bertz CT molecular complexity index is 460. The highest BCUT2D eigenvalue weighted by molar-refractivity contribution is 6.28. The summed E-state index contributed by atoms with van der Waals surface area (Å²) < 4.78 is 10.5. The molecule has 1 aliphatic carbocycles. The zero-order valence-electron chi connectivity index (χ0n) is 9.84. The molecule has 3 rings (SSSR count). The molecule has 7 nitrogen and oxygen atoms in total. The summed E-state index contributed by atoms with van der Waals surface area (Å²) >= 11 is 5.78. The van der Waals surface area contributed by atoms with E-state index in [0.717, 1.165) is 13.0 Å². The molecule has 2 heterocycles. The van der Waals surface area contributed by atoms with Crippen molar-refractivity contribution >= 4 is 17.5 Å². The zero-order chi connectivity index (χ0) is 12.7. The maximum Gasteiger partial charge on any atom is 0.322 e. The molecule has 1 saturated carbocycles. The molecular formula is C10H14ClN5O2. The van der Waals surface area contributed by atoms with Gasteiger partial charge in [-0.3, -0.25) is 0 Å². The number of aromatic nitrogens is 3. The number of rotatable bonds is 3. The van der Waals surface area contributed by atoms with Gasteiger partial charge in [-0.05, 0) is 18.0 Å². The standard InChI is InChI=1S/C10H14ClN5O2/c1-17-10-15-8(11)14-9(16-10)13-6-5(12)4-2-3-18-7(4)6/h4-7H,2-3,12H2,1H3,(H,13,14,15,16). The van der Waals surface area contributed by atoms with Crippen LogP contribution in [0.4, 0.5) is 5.95 Å². The number of ether oxygens (including phenoxy) is 2. The molecule has 0 bridgehead atoms. The molecule has 2 aliphatic rings. The molecule has 1 aromatic rings. The normalized spacial score (nSPS) is 33.7. The van der Waals surface area contributed by atoms with Crippen LogP contribution in [0.1, 0.15) is 6.42 Å². The van der Waals surface area contributed by atoms with E-state index in [1.54, 1.807) is 0 Å². The van der Waals surface area contributed by atoms with Crippen LogP contribution < -0.4 is 15.8 Å². The first-order valence-electron chi connectivity index (χ1n) is 5.78. The zero-order valence-corrected chi connectivity index (χ0v) is 10.6. The lowest BCUT2D eigenvalue weighted by Crippen LogP contribution is -2.65. The Morgan fingerprint density at radius 3 is 3.06 bits per heavy atom. The molecule has 0 amide bonds. The Kier molecular flexibility index (Phi) is 2.96. The molecule has 4 unspecified atom stereocenters. The lowest BCUT2D eigenvalue weighted by molar-refractivity contribution is 0.00506. The van der Waals surface area contributed by atoms with Crippen molar-refractivity contribution < 1.29 is 9.47 Å². The van der Waals surface area contributed by atoms with E-state index in [-0.39, 0.29) is 29.5 Å². The predicted molar refractivity (Wildman–Crippen MR) is 64.6 cm³/mol. The third-order valence-corrected chi connectivity index (χ3v) is 3.68. The van der Waals surface area contributed by atoms with Gasteiger partial charge in [0.2, 0.25) is 11.2 Å². The summed E-state index contributed by atoms with van der Waals surface area (Å²) in [6, 6.07) is 0.244. The van der Waals surface area contributed by atoms with Gasteiger partial charge in [-0.2, -0.15) is 15.0 Å². The Morgan fingerprint density at radius 1 is 1.44 bits per heavy atom. The molecule has 1 saturated heterocycles. The van der Waals surface area contributed by atoms with E-state index in [1.165, 1.54) is 7.11 Å². The fourth-order valence-electron chi connectivity index (χ4n) is 2.56. The minimum atomic E-state index is 0.0145. The highest BCUT2D eigenvalue weighted by Crippen LogP contribution is 2.39. The Balaban J connectivity index is 1.74. The van der Waals surface area contributed by atoms with Gasteiger partial charge in [-0.25, -0.2) is 0 Å². The first kappa shape index (κ1) is 11.9. The van der Waals surface area contributed by atoms with E-state index < -0.39 is 0 Å². The van der Waals surface area contributed by atoms with Gasteiger partial charge in [0, 0.05) is 18.6 Å². The Morgan fingerprint density at radius 2 is 2.28 bits per heavy atom. The van der Waals surface area contributed by atoms with E-state index in [9.17, 15) is 0 Å². The molecule has 0 aromatic carbocycles. The number of nitrogens with zero attached hydrogens (tertiary/aromatic N) is 3. The SMILES string of the molecule is COc1nc(Cl)nc(NC2C(N)C3CCOC32)n1. The fourth-order valence-corrected chi connectivity index (χ4v) is 2.72. The van der Waals surface area contributed by atoms with Crippen LogP contribution in [0.5, 0.6) is 6.01 Å². The van der Waals surface area contributed by atoms with E-state index in [4.69, 9.17) is 26.8 Å². The van der Waals surface area contributed by atoms with Gasteiger partial charge in [-0.1, -0.05) is 0 Å². The molecule has 98 valence electrons. The van der Waals surface area contributed by atoms with Crippen LogP contribution >= 0.6 is 11.6 Å². The van der Waals surface area contributed by atoms with E-state index in [0.29, 0.717) is 11.9 Å². The van der Waals surface area contributed by atoms with Gasteiger partial charge < -0.3 is 20.5 Å². The van der Waals surface area contributed by atoms with Crippen molar-refractivity contribution in [3.8, 4) is 6.01 Å². The topological polar surface area (TPSA) is 95.2 Å². The highest BCUT2D eigenvalue weighted by Gasteiger charge is 2.52. The van der Waals surface area contributed by atoms with Crippen LogP contribution in [0.25, 0.3) is 0 Å². The van der Waals surface area contributed by atoms with Gasteiger partial charge in [0.25, 0.3) is 0 Å². The van der Waals surface area contributed by atoms with Crippen molar-refractivity contribution in [3.63, 3.8) is 0 Å². The number of halogens is 1. The van der Waals surface area contributed by atoms with Gasteiger partial charge in [0.1, 0.15) is 0 Å². The number of methoxy groups -OCH3 is 1. The molecule has 0 radical (unpaired) electrons. The number of anilines is 1. The van der Waals surface area contributed by atoms with Crippen LogP contribution in [0.2, 0.25) is 5.28 Å². The second-order valence-electron chi connectivity index (χ2n) is 4.45. The van der Waals surface area contributed by atoms with Gasteiger partial charge >= 0.3 is 6.01 Å². The van der Waals surface area contributed by atoms with Crippen molar-refractivity contribution in [2.24, 2.45) is 11.7 Å². The van der Waals surface area contributed by atoms with Crippen molar-refractivity contribution in [3.05, 3.63) is 5.28 Å². The van der Waals surface area contributed by atoms with Crippen LogP contribution in [-0.4, -0.2) is 46.9 Å². The largest absolute Gasteiger partial charge is 0.467 e. The molecule has 0 spiro atoms. The third-order valence-electron chi connectivity index (χ3n) is 3.51. The van der Waals surface area contributed by atoms with Crippen LogP contribution in [0.3, 0.4) is 0 Å². The quantitative estimate of drug-likeness (QED) is 0.802. The number of fused-ring (bicyclic) bond motifs is 1. The summed E-state index contributed by atoms with van der Waals surface area (Å²) in [6.07, 6.45) is 1.16. The summed E-state index contributed by atoms with van der Waals surface area (Å²) in [5.41, 5.74) is 6.09. The second-order valence-corrected chi connectivity index (χ2v) is 4.79. The first-order valence-corrected chi connectivity index (χ1v) is 6.16. The molecular weight excluding hydrogens is 258 g/mol. The van der Waals surface area contributed by atoms with Gasteiger partial charge in [0.15, 0.2) is 0 Å². The van der Waals surface area contributed by atoms with Crippen molar-refractivity contribution in [1.29, 1.82) is 0 Å².